The van der Waals surface area contributed by atoms with Crippen LogP contribution in [0.25, 0.3) is 11.3 Å². The topological polar surface area (TPSA) is 52.8 Å². The molecule has 0 spiro atoms. The zero-order valence-corrected chi connectivity index (χ0v) is 18.7. The van der Waals surface area contributed by atoms with E-state index in [1.165, 1.54) is 12.1 Å². The van der Waals surface area contributed by atoms with Gasteiger partial charge in [0.25, 0.3) is 0 Å². The van der Waals surface area contributed by atoms with Gasteiger partial charge in [-0.05, 0) is 51.1 Å². The quantitative estimate of drug-likeness (QED) is 0.683. The Bertz CT molecular complexity index is 839. The summed E-state index contributed by atoms with van der Waals surface area (Å²) in [7, 11) is 2.10. The Kier molecular flexibility index (Phi) is 7.13. The number of rotatable bonds is 7. The van der Waals surface area contributed by atoms with Gasteiger partial charge < -0.3 is 19.2 Å². The van der Waals surface area contributed by atoms with Crippen molar-refractivity contribution in [2.45, 2.75) is 46.7 Å². The first-order chi connectivity index (χ1) is 14.3. The molecule has 1 aliphatic heterocycles. The normalized spacial score (nSPS) is 15.3. The van der Waals surface area contributed by atoms with Crippen LogP contribution < -0.4 is 4.90 Å². The lowest BCUT2D eigenvalue weighted by molar-refractivity contribution is -0.134. The minimum Gasteiger partial charge on any atom is -0.338 e. The van der Waals surface area contributed by atoms with Crippen molar-refractivity contribution in [3.8, 4) is 11.3 Å². The fourth-order valence-corrected chi connectivity index (χ4v) is 3.73. The number of amides is 1. The number of benzene rings is 1. The maximum atomic E-state index is 13.5. The molecule has 0 aliphatic carbocycles. The molecule has 0 radical (unpaired) electrons. The number of anilines is 1. The third-order valence-corrected chi connectivity index (χ3v) is 5.53. The van der Waals surface area contributed by atoms with Crippen LogP contribution in [-0.2, 0) is 11.3 Å². The molecule has 1 amide bonds. The molecule has 3 rings (SSSR count). The summed E-state index contributed by atoms with van der Waals surface area (Å²) in [6.07, 6.45) is 0.499. The molecule has 2 heterocycles. The SMILES string of the molecule is CC(C)CC(=O)N(Cc1c(-c2ccc(F)cc2)noc1N1CCN(C)CC1)C(C)C. The number of likely N-dealkylation sites (N-methyl/N-ethyl adjacent to an activating group) is 1. The van der Waals surface area contributed by atoms with Crippen LogP contribution in [0.1, 0.15) is 39.7 Å². The van der Waals surface area contributed by atoms with Gasteiger partial charge in [0.05, 0.1) is 12.1 Å². The Labute approximate surface area is 178 Å². The molecular formula is C23H33FN4O2. The zero-order valence-electron chi connectivity index (χ0n) is 18.7. The molecule has 0 N–H and O–H groups in total. The summed E-state index contributed by atoms with van der Waals surface area (Å²) >= 11 is 0. The van der Waals surface area contributed by atoms with E-state index in [2.05, 4.69) is 35.9 Å². The lowest BCUT2D eigenvalue weighted by atomic mass is 10.0. The van der Waals surface area contributed by atoms with Crippen LogP contribution in [-0.4, -0.2) is 60.1 Å². The number of carbonyl (C=O) groups is 1. The summed E-state index contributed by atoms with van der Waals surface area (Å²) in [6, 6.07) is 6.31. The van der Waals surface area contributed by atoms with E-state index in [1.807, 2.05) is 18.7 Å². The molecule has 0 bridgehead atoms. The summed E-state index contributed by atoms with van der Waals surface area (Å²) in [5.74, 6) is 0.829. The number of hydrogen-bond acceptors (Lipinski definition) is 5. The maximum Gasteiger partial charge on any atom is 0.232 e. The monoisotopic (exact) mass is 416 g/mol. The second-order valence-corrected chi connectivity index (χ2v) is 8.83. The molecule has 1 aromatic carbocycles. The molecule has 0 atom stereocenters. The van der Waals surface area contributed by atoms with E-state index >= 15 is 0 Å². The first-order valence-corrected chi connectivity index (χ1v) is 10.7. The standard InChI is InChI=1S/C23H33FN4O2/c1-16(2)14-21(29)28(17(3)4)15-20-22(18-6-8-19(24)9-7-18)25-30-23(20)27-12-10-26(5)11-13-27/h6-9,16-17H,10-15H2,1-5H3. The van der Waals surface area contributed by atoms with Crippen LogP contribution in [0.5, 0.6) is 0 Å². The van der Waals surface area contributed by atoms with Crippen molar-refractivity contribution in [2.75, 3.05) is 38.1 Å². The summed E-state index contributed by atoms with van der Waals surface area (Å²) in [5, 5.41) is 4.35. The van der Waals surface area contributed by atoms with Crippen molar-refractivity contribution >= 4 is 11.8 Å². The molecule has 2 aromatic rings. The first kappa shape index (κ1) is 22.3. The average Bonchev–Trinajstić information content (AvgIpc) is 3.10. The minimum atomic E-state index is -0.293. The van der Waals surface area contributed by atoms with Crippen LogP contribution in [0, 0.1) is 11.7 Å². The van der Waals surface area contributed by atoms with Gasteiger partial charge in [0, 0.05) is 44.2 Å². The second kappa shape index (κ2) is 9.60. The Balaban J connectivity index is 1.98. The Morgan fingerprint density at radius 2 is 1.77 bits per heavy atom. The number of carbonyl (C=O) groups excluding carboxylic acids is 1. The molecule has 164 valence electrons. The molecule has 30 heavy (non-hydrogen) atoms. The van der Waals surface area contributed by atoms with E-state index in [-0.39, 0.29) is 23.7 Å². The van der Waals surface area contributed by atoms with Gasteiger partial charge in [0.1, 0.15) is 11.5 Å². The summed E-state index contributed by atoms with van der Waals surface area (Å²) in [4.78, 5) is 19.3. The van der Waals surface area contributed by atoms with Gasteiger partial charge >= 0.3 is 0 Å². The molecule has 0 unspecified atom stereocenters. The number of aromatic nitrogens is 1. The van der Waals surface area contributed by atoms with Crippen LogP contribution in [0.15, 0.2) is 28.8 Å². The Hall–Kier alpha value is -2.41. The van der Waals surface area contributed by atoms with E-state index in [9.17, 15) is 9.18 Å². The smallest absolute Gasteiger partial charge is 0.232 e. The van der Waals surface area contributed by atoms with Crippen molar-refractivity contribution in [3.63, 3.8) is 0 Å². The van der Waals surface area contributed by atoms with Gasteiger partial charge in [0.15, 0.2) is 0 Å². The Morgan fingerprint density at radius 1 is 1.13 bits per heavy atom. The van der Waals surface area contributed by atoms with Crippen LogP contribution in [0.3, 0.4) is 0 Å². The lowest BCUT2D eigenvalue weighted by Crippen LogP contribution is -2.45. The zero-order chi connectivity index (χ0) is 21.8. The van der Waals surface area contributed by atoms with E-state index in [0.717, 1.165) is 37.3 Å². The average molecular weight is 417 g/mol. The molecule has 1 aromatic heterocycles. The maximum absolute atomic E-state index is 13.5. The minimum absolute atomic E-state index is 0.0487. The predicted molar refractivity (Wildman–Crippen MR) is 117 cm³/mol. The largest absolute Gasteiger partial charge is 0.338 e. The molecular weight excluding hydrogens is 383 g/mol. The van der Waals surface area contributed by atoms with Gasteiger partial charge in [-0.3, -0.25) is 4.79 Å². The first-order valence-electron chi connectivity index (χ1n) is 10.7. The van der Waals surface area contributed by atoms with Gasteiger partial charge in [-0.15, -0.1) is 0 Å². The molecule has 1 fully saturated rings. The van der Waals surface area contributed by atoms with E-state index in [4.69, 9.17) is 4.52 Å². The third-order valence-electron chi connectivity index (χ3n) is 5.53. The predicted octanol–water partition coefficient (Wildman–Crippen LogP) is 4.02. The summed E-state index contributed by atoms with van der Waals surface area (Å²) in [6.45, 7) is 12.1. The van der Waals surface area contributed by atoms with Crippen LogP contribution in [0.4, 0.5) is 10.3 Å². The van der Waals surface area contributed by atoms with Crippen LogP contribution >= 0.6 is 0 Å². The summed E-state index contributed by atoms with van der Waals surface area (Å²) in [5.41, 5.74) is 2.35. The second-order valence-electron chi connectivity index (χ2n) is 8.83. The van der Waals surface area contributed by atoms with E-state index in [0.29, 0.717) is 24.5 Å². The fourth-order valence-electron chi connectivity index (χ4n) is 3.73. The van der Waals surface area contributed by atoms with Crippen molar-refractivity contribution in [1.82, 2.24) is 15.0 Å². The molecule has 1 saturated heterocycles. The van der Waals surface area contributed by atoms with Gasteiger partial charge in [-0.1, -0.05) is 19.0 Å². The number of hydrogen-bond donors (Lipinski definition) is 0. The van der Waals surface area contributed by atoms with E-state index in [1.54, 1.807) is 12.1 Å². The molecule has 1 aliphatic rings. The Morgan fingerprint density at radius 3 is 2.33 bits per heavy atom. The number of halogens is 1. The highest BCUT2D eigenvalue weighted by Gasteiger charge is 2.28. The van der Waals surface area contributed by atoms with E-state index < -0.39 is 0 Å². The van der Waals surface area contributed by atoms with Crippen LogP contribution in [0.2, 0.25) is 0 Å². The van der Waals surface area contributed by atoms with Crippen molar-refractivity contribution < 1.29 is 13.7 Å². The van der Waals surface area contributed by atoms with Crippen molar-refractivity contribution in [1.29, 1.82) is 0 Å². The molecule has 0 saturated carbocycles. The van der Waals surface area contributed by atoms with Gasteiger partial charge in [0.2, 0.25) is 11.8 Å². The number of piperazine rings is 1. The lowest BCUT2D eigenvalue weighted by Gasteiger charge is -2.33. The third kappa shape index (κ3) is 5.19. The summed E-state index contributed by atoms with van der Waals surface area (Å²) < 4.78 is 19.3. The number of nitrogens with zero attached hydrogens (tertiary/aromatic N) is 4. The van der Waals surface area contributed by atoms with Crippen molar-refractivity contribution in [3.05, 3.63) is 35.6 Å². The van der Waals surface area contributed by atoms with Crippen molar-refractivity contribution in [2.24, 2.45) is 5.92 Å². The molecule has 7 heteroatoms. The highest BCUT2D eigenvalue weighted by molar-refractivity contribution is 5.78. The molecule has 6 nitrogen and oxygen atoms in total. The highest BCUT2D eigenvalue weighted by atomic mass is 19.1. The highest BCUT2D eigenvalue weighted by Crippen LogP contribution is 2.33. The van der Waals surface area contributed by atoms with Gasteiger partial charge in [-0.2, -0.15) is 0 Å². The fraction of sp³-hybridized carbons (Fsp3) is 0.565. The van der Waals surface area contributed by atoms with Gasteiger partial charge in [-0.25, -0.2) is 4.39 Å².